The Morgan fingerprint density at radius 2 is 1.96 bits per heavy atom. The van der Waals surface area contributed by atoms with Crippen molar-refractivity contribution in [3.8, 4) is 0 Å². The lowest BCUT2D eigenvalue weighted by Gasteiger charge is -2.30. The van der Waals surface area contributed by atoms with Crippen molar-refractivity contribution in [2.75, 3.05) is 5.32 Å². The number of anilines is 1. The minimum atomic E-state index is -0.320. The van der Waals surface area contributed by atoms with Gasteiger partial charge in [-0.1, -0.05) is 6.07 Å². The zero-order valence-electron chi connectivity index (χ0n) is 13.1. The SMILES string of the molecule is C[C@@H](c1ccco1)N(Cc1ccco1)C(=S)Nc1cccc(F)c1. The summed E-state index contributed by atoms with van der Waals surface area (Å²) in [5.74, 6) is 1.24. The number of benzene rings is 1. The van der Waals surface area contributed by atoms with Crippen LogP contribution in [0.25, 0.3) is 0 Å². The number of hydrogen-bond acceptors (Lipinski definition) is 3. The summed E-state index contributed by atoms with van der Waals surface area (Å²) in [6.45, 7) is 2.46. The fourth-order valence-electron chi connectivity index (χ4n) is 2.40. The first-order valence-corrected chi connectivity index (χ1v) is 7.93. The molecule has 0 bridgehead atoms. The second-order valence-corrected chi connectivity index (χ2v) is 5.73. The molecule has 0 unspecified atom stereocenters. The van der Waals surface area contributed by atoms with E-state index in [2.05, 4.69) is 5.32 Å². The predicted molar refractivity (Wildman–Crippen MR) is 94.0 cm³/mol. The Morgan fingerprint density at radius 3 is 2.62 bits per heavy atom. The van der Waals surface area contributed by atoms with Gasteiger partial charge >= 0.3 is 0 Å². The van der Waals surface area contributed by atoms with Crippen LogP contribution >= 0.6 is 12.2 Å². The van der Waals surface area contributed by atoms with Gasteiger partial charge in [0, 0.05) is 5.69 Å². The quantitative estimate of drug-likeness (QED) is 0.662. The molecule has 0 spiro atoms. The van der Waals surface area contributed by atoms with Crippen molar-refractivity contribution in [2.24, 2.45) is 0 Å². The Kier molecular flexibility index (Phi) is 4.96. The highest BCUT2D eigenvalue weighted by Crippen LogP contribution is 2.24. The van der Waals surface area contributed by atoms with Crippen molar-refractivity contribution in [3.05, 3.63) is 78.4 Å². The zero-order chi connectivity index (χ0) is 16.9. The van der Waals surface area contributed by atoms with Gasteiger partial charge in [0.05, 0.1) is 25.1 Å². The van der Waals surface area contributed by atoms with E-state index >= 15 is 0 Å². The maximum atomic E-state index is 13.4. The highest BCUT2D eigenvalue weighted by atomic mass is 32.1. The third-order valence-electron chi connectivity index (χ3n) is 3.67. The Hall–Kier alpha value is -2.60. The highest BCUT2D eigenvalue weighted by Gasteiger charge is 2.22. The van der Waals surface area contributed by atoms with Crippen molar-refractivity contribution in [2.45, 2.75) is 19.5 Å². The second-order valence-electron chi connectivity index (χ2n) is 5.34. The number of rotatable bonds is 5. The van der Waals surface area contributed by atoms with E-state index in [-0.39, 0.29) is 11.9 Å². The fourth-order valence-corrected chi connectivity index (χ4v) is 2.74. The maximum Gasteiger partial charge on any atom is 0.174 e. The molecular formula is C18H17FN2O2S. The molecule has 0 radical (unpaired) electrons. The topological polar surface area (TPSA) is 41.6 Å². The molecule has 3 aromatic rings. The van der Waals surface area contributed by atoms with Crippen LogP contribution in [0.5, 0.6) is 0 Å². The van der Waals surface area contributed by atoms with Crippen LogP contribution in [0.15, 0.2) is 69.9 Å². The van der Waals surface area contributed by atoms with Gasteiger partial charge in [0.15, 0.2) is 5.11 Å². The molecule has 24 heavy (non-hydrogen) atoms. The molecule has 2 aromatic heterocycles. The lowest BCUT2D eigenvalue weighted by Crippen LogP contribution is -2.36. The molecule has 1 N–H and O–H groups in total. The Morgan fingerprint density at radius 1 is 1.17 bits per heavy atom. The van der Waals surface area contributed by atoms with E-state index in [1.807, 2.05) is 36.1 Å². The number of nitrogens with zero attached hydrogens (tertiary/aromatic N) is 1. The molecule has 0 saturated heterocycles. The average molecular weight is 344 g/mol. The minimum Gasteiger partial charge on any atom is -0.467 e. The standard InChI is InChI=1S/C18H17FN2O2S/c1-13(17-8-4-10-23-17)21(12-16-7-3-9-22-16)18(24)20-15-6-2-5-14(19)11-15/h2-11,13H,12H2,1H3,(H,20,24)/t13-/m0/s1. The van der Waals surface area contributed by atoms with E-state index in [9.17, 15) is 4.39 Å². The zero-order valence-corrected chi connectivity index (χ0v) is 13.9. The average Bonchev–Trinajstić information content (AvgIpc) is 3.25. The van der Waals surface area contributed by atoms with Gasteiger partial charge in [0.25, 0.3) is 0 Å². The summed E-state index contributed by atoms with van der Waals surface area (Å²) in [7, 11) is 0. The van der Waals surface area contributed by atoms with Crippen molar-refractivity contribution in [3.63, 3.8) is 0 Å². The van der Waals surface area contributed by atoms with Gasteiger partial charge in [-0.15, -0.1) is 0 Å². The van der Waals surface area contributed by atoms with Gasteiger partial charge in [-0.3, -0.25) is 0 Å². The summed E-state index contributed by atoms with van der Waals surface area (Å²) in [4.78, 5) is 1.93. The van der Waals surface area contributed by atoms with Crippen LogP contribution in [-0.4, -0.2) is 10.0 Å². The van der Waals surface area contributed by atoms with Crippen molar-refractivity contribution >= 4 is 23.0 Å². The number of hydrogen-bond donors (Lipinski definition) is 1. The first-order chi connectivity index (χ1) is 11.6. The van der Waals surface area contributed by atoms with Crippen molar-refractivity contribution < 1.29 is 13.2 Å². The molecule has 4 nitrogen and oxygen atoms in total. The largest absolute Gasteiger partial charge is 0.467 e. The summed E-state index contributed by atoms with van der Waals surface area (Å²) in [5, 5.41) is 3.53. The van der Waals surface area contributed by atoms with Crippen LogP contribution in [0.2, 0.25) is 0 Å². The minimum absolute atomic E-state index is 0.112. The molecule has 1 atom stereocenters. The van der Waals surface area contributed by atoms with E-state index < -0.39 is 0 Å². The molecule has 0 aliphatic heterocycles. The predicted octanol–water partition coefficient (Wildman–Crippen LogP) is 4.97. The van der Waals surface area contributed by atoms with E-state index in [1.165, 1.54) is 12.1 Å². The van der Waals surface area contributed by atoms with Gasteiger partial charge < -0.3 is 19.1 Å². The molecule has 0 fully saturated rings. The summed E-state index contributed by atoms with van der Waals surface area (Å²) in [6.07, 6.45) is 3.24. The molecule has 0 aliphatic rings. The third kappa shape index (κ3) is 3.83. The van der Waals surface area contributed by atoms with Crippen LogP contribution in [0, 0.1) is 5.82 Å². The maximum absolute atomic E-state index is 13.4. The monoisotopic (exact) mass is 344 g/mol. The molecule has 6 heteroatoms. The molecule has 0 amide bonds. The van der Waals surface area contributed by atoms with Crippen molar-refractivity contribution in [1.82, 2.24) is 4.90 Å². The smallest absolute Gasteiger partial charge is 0.174 e. The van der Waals surface area contributed by atoms with E-state index in [0.717, 1.165) is 11.5 Å². The van der Waals surface area contributed by atoms with Crippen LogP contribution in [0.3, 0.4) is 0 Å². The second kappa shape index (κ2) is 7.31. The number of thiocarbonyl (C=S) groups is 1. The Labute approximate surface area is 144 Å². The highest BCUT2D eigenvalue weighted by molar-refractivity contribution is 7.80. The molecule has 0 aliphatic carbocycles. The van der Waals surface area contributed by atoms with E-state index in [1.54, 1.807) is 24.7 Å². The molecule has 1 aromatic carbocycles. The van der Waals surface area contributed by atoms with Gasteiger partial charge in [-0.25, -0.2) is 4.39 Å². The summed E-state index contributed by atoms with van der Waals surface area (Å²) < 4.78 is 24.3. The molecular weight excluding hydrogens is 327 g/mol. The van der Waals surface area contributed by atoms with Gasteiger partial charge in [0.1, 0.15) is 17.3 Å². The van der Waals surface area contributed by atoms with Gasteiger partial charge in [0.2, 0.25) is 0 Å². The molecule has 3 rings (SSSR count). The lowest BCUT2D eigenvalue weighted by molar-refractivity contribution is 0.269. The summed E-state index contributed by atoms with van der Waals surface area (Å²) in [6, 6.07) is 13.5. The van der Waals surface area contributed by atoms with Crippen LogP contribution < -0.4 is 5.32 Å². The number of furan rings is 2. The Balaban J connectivity index is 1.81. The summed E-state index contributed by atoms with van der Waals surface area (Å²) >= 11 is 5.53. The molecule has 0 saturated carbocycles. The molecule has 124 valence electrons. The summed E-state index contributed by atoms with van der Waals surface area (Å²) in [5.41, 5.74) is 0.594. The van der Waals surface area contributed by atoms with Crippen LogP contribution in [-0.2, 0) is 6.54 Å². The van der Waals surface area contributed by atoms with Gasteiger partial charge in [-0.05, 0) is 61.6 Å². The van der Waals surface area contributed by atoms with Crippen LogP contribution in [0.1, 0.15) is 24.5 Å². The van der Waals surface area contributed by atoms with Gasteiger partial charge in [-0.2, -0.15) is 0 Å². The first-order valence-electron chi connectivity index (χ1n) is 7.52. The number of halogens is 1. The lowest BCUT2D eigenvalue weighted by atomic mass is 10.2. The first kappa shape index (κ1) is 16.3. The number of nitrogens with one attached hydrogen (secondary N) is 1. The fraction of sp³-hybridized carbons (Fsp3) is 0.167. The molecule has 2 heterocycles. The Bertz CT molecular complexity index is 787. The van der Waals surface area contributed by atoms with E-state index in [0.29, 0.717) is 17.3 Å². The van der Waals surface area contributed by atoms with Crippen LogP contribution in [0.4, 0.5) is 10.1 Å². The normalized spacial score (nSPS) is 11.9. The third-order valence-corrected chi connectivity index (χ3v) is 4.00. The van der Waals surface area contributed by atoms with Crippen molar-refractivity contribution in [1.29, 1.82) is 0 Å². The van der Waals surface area contributed by atoms with E-state index in [4.69, 9.17) is 21.1 Å².